The normalized spacial score (nSPS) is 20.7. The minimum Gasteiger partial charge on any atom is -0.433 e. The Morgan fingerprint density at radius 1 is 1.19 bits per heavy atom. The van der Waals surface area contributed by atoms with E-state index in [-0.39, 0.29) is 5.75 Å². The van der Waals surface area contributed by atoms with Gasteiger partial charge < -0.3 is 14.4 Å². The number of ether oxygens (including phenoxy) is 2. The molecular weight excluding hydrogens is 278 g/mol. The minimum absolute atomic E-state index is 0.269. The summed E-state index contributed by atoms with van der Waals surface area (Å²) < 4.78 is 35.0. The maximum absolute atomic E-state index is 12.6. The molecule has 21 heavy (non-hydrogen) atoms. The molecule has 3 rings (SSSR count). The summed E-state index contributed by atoms with van der Waals surface area (Å²) in [5, 5.41) is 0. The van der Waals surface area contributed by atoms with Crippen molar-refractivity contribution >= 4 is 5.69 Å². The van der Waals surface area contributed by atoms with Gasteiger partial charge in [-0.25, -0.2) is 0 Å². The molecule has 2 saturated heterocycles. The molecule has 0 saturated carbocycles. The Morgan fingerprint density at radius 2 is 1.90 bits per heavy atom. The molecule has 4 nitrogen and oxygen atoms in total. The van der Waals surface area contributed by atoms with Gasteiger partial charge in [-0.3, -0.25) is 4.90 Å². The van der Waals surface area contributed by atoms with Gasteiger partial charge >= 0.3 is 6.61 Å². The first-order valence-electron chi connectivity index (χ1n) is 7.25. The van der Waals surface area contributed by atoms with Crippen LogP contribution in [0.2, 0.25) is 0 Å². The SMILES string of the molecule is Cc1ccc(N2CCN(C3COC3)CC2)c(OC(F)F)c1. The van der Waals surface area contributed by atoms with Gasteiger partial charge in [0.05, 0.1) is 24.9 Å². The topological polar surface area (TPSA) is 24.9 Å². The maximum atomic E-state index is 12.6. The highest BCUT2D eigenvalue weighted by Gasteiger charge is 2.29. The molecule has 1 aromatic rings. The summed E-state index contributed by atoms with van der Waals surface area (Å²) in [4.78, 5) is 4.52. The number of alkyl halides is 2. The highest BCUT2D eigenvalue weighted by molar-refractivity contribution is 5.60. The van der Waals surface area contributed by atoms with Crippen molar-refractivity contribution in [2.24, 2.45) is 0 Å². The van der Waals surface area contributed by atoms with Crippen LogP contribution in [-0.2, 0) is 4.74 Å². The molecule has 0 spiro atoms. The van der Waals surface area contributed by atoms with Gasteiger partial charge in [0.2, 0.25) is 0 Å². The zero-order valence-corrected chi connectivity index (χ0v) is 12.1. The van der Waals surface area contributed by atoms with Crippen molar-refractivity contribution in [3.63, 3.8) is 0 Å². The molecule has 0 radical (unpaired) electrons. The van der Waals surface area contributed by atoms with Crippen LogP contribution in [0.15, 0.2) is 18.2 Å². The fraction of sp³-hybridized carbons (Fsp3) is 0.600. The third-order valence-electron chi connectivity index (χ3n) is 4.12. The molecular formula is C15H20F2N2O2. The van der Waals surface area contributed by atoms with E-state index in [1.54, 1.807) is 6.07 Å². The Balaban J connectivity index is 1.69. The average Bonchev–Trinajstić information content (AvgIpc) is 2.37. The van der Waals surface area contributed by atoms with Gasteiger partial charge in [-0.15, -0.1) is 0 Å². The van der Waals surface area contributed by atoms with E-state index in [0.717, 1.165) is 50.6 Å². The van der Waals surface area contributed by atoms with Crippen LogP contribution >= 0.6 is 0 Å². The number of halogens is 2. The first kappa shape index (κ1) is 14.5. The lowest BCUT2D eigenvalue weighted by Crippen LogP contribution is -2.56. The molecule has 2 fully saturated rings. The minimum atomic E-state index is -2.79. The predicted octanol–water partition coefficient (Wildman–Crippen LogP) is 2.12. The first-order valence-corrected chi connectivity index (χ1v) is 7.25. The van der Waals surface area contributed by atoms with Crippen LogP contribution in [0.3, 0.4) is 0 Å². The van der Waals surface area contributed by atoms with Gasteiger partial charge in [-0.05, 0) is 24.6 Å². The van der Waals surface area contributed by atoms with E-state index in [1.165, 1.54) is 0 Å². The van der Waals surface area contributed by atoms with Gasteiger partial charge in [0.1, 0.15) is 5.75 Å². The van der Waals surface area contributed by atoms with E-state index in [9.17, 15) is 8.78 Å². The Kier molecular flexibility index (Phi) is 4.26. The van der Waals surface area contributed by atoms with E-state index < -0.39 is 6.61 Å². The fourth-order valence-electron chi connectivity index (χ4n) is 2.84. The molecule has 0 amide bonds. The van der Waals surface area contributed by atoms with Crippen molar-refractivity contribution < 1.29 is 18.3 Å². The molecule has 2 aliphatic rings. The number of anilines is 1. The van der Waals surface area contributed by atoms with Crippen LogP contribution < -0.4 is 9.64 Å². The molecule has 0 aromatic heterocycles. The fourth-order valence-corrected chi connectivity index (χ4v) is 2.84. The molecule has 0 bridgehead atoms. The number of aryl methyl sites for hydroxylation is 1. The molecule has 0 N–H and O–H groups in total. The number of nitrogens with zero attached hydrogens (tertiary/aromatic N) is 2. The highest BCUT2D eigenvalue weighted by Crippen LogP contribution is 2.31. The van der Waals surface area contributed by atoms with Crippen molar-refractivity contribution in [3.8, 4) is 5.75 Å². The number of hydrogen-bond donors (Lipinski definition) is 0. The molecule has 0 aliphatic carbocycles. The number of hydrogen-bond acceptors (Lipinski definition) is 4. The van der Waals surface area contributed by atoms with Crippen LogP contribution in [0.25, 0.3) is 0 Å². The summed E-state index contributed by atoms with van der Waals surface area (Å²) in [7, 11) is 0. The van der Waals surface area contributed by atoms with Crippen LogP contribution in [0, 0.1) is 6.92 Å². The Bertz CT molecular complexity index is 487. The molecule has 0 atom stereocenters. The smallest absolute Gasteiger partial charge is 0.387 e. The number of piperazine rings is 1. The summed E-state index contributed by atoms with van der Waals surface area (Å²) >= 11 is 0. The molecule has 6 heteroatoms. The Morgan fingerprint density at radius 3 is 2.48 bits per heavy atom. The summed E-state index contributed by atoms with van der Waals surface area (Å²) in [6.45, 7) is 4.19. The quantitative estimate of drug-likeness (QED) is 0.850. The molecule has 116 valence electrons. The van der Waals surface area contributed by atoms with Gasteiger partial charge in [-0.2, -0.15) is 8.78 Å². The molecule has 0 unspecified atom stereocenters. The van der Waals surface area contributed by atoms with Gasteiger partial charge in [0.25, 0.3) is 0 Å². The summed E-state index contributed by atoms with van der Waals surface area (Å²) in [5.74, 6) is 0.269. The highest BCUT2D eigenvalue weighted by atomic mass is 19.3. The van der Waals surface area contributed by atoms with Crippen molar-refractivity contribution in [1.29, 1.82) is 0 Å². The molecule has 2 heterocycles. The maximum Gasteiger partial charge on any atom is 0.387 e. The van der Waals surface area contributed by atoms with Gasteiger partial charge in [0, 0.05) is 26.2 Å². The average molecular weight is 298 g/mol. The van der Waals surface area contributed by atoms with Gasteiger partial charge in [-0.1, -0.05) is 6.07 Å². The van der Waals surface area contributed by atoms with E-state index >= 15 is 0 Å². The second-order valence-electron chi connectivity index (χ2n) is 5.56. The number of benzene rings is 1. The van der Waals surface area contributed by atoms with E-state index in [4.69, 9.17) is 4.74 Å². The Labute approximate surface area is 123 Å². The first-order chi connectivity index (χ1) is 10.1. The van der Waals surface area contributed by atoms with Crippen molar-refractivity contribution in [3.05, 3.63) is 23.8 Å². The lowest BCUT2D eigenvalue weighted by atomic mass is 10.1. The third-order valence-corrected chi connectivity index (χ3v) is 4.12. The van der Waals surface area contributed by atoms with Crippen LogP contribution in [0.4, 0.5) is 14.5 Å². The van der Waals surface area contributed by atoms with E-state index in [2.05, 4.69) is 14.5 Å². The van der Waals surface area contributed by atoms with Crippen molar-refractivity contribution in [2.75, 3.05) is 44.3 Å². The Hall–Kier alpha value is -1.40. The van der Waals surface area contributed by atoms with Crippen LogP contribution in [0.5, 0.6) is 5.75 Å². The monoisotopic (exact) mass is 298 g/mol. The van der Waals surface area contributed by atoms with Crippen molar-refractivity contribution in [2.45, 2.75) is 19.6 Å². The lowest BCUT2D eigenvalue weighted by molar-refractivity contribution is -0.0663. The third kappa shape index (κ3) is 3.27. The van der Waals surface area contributed by atoms with Gasteiger partial charge in [0.15, 0.2) is 0 Å². The lowest BCUT2D eigenvalue weighted by Gasteiger charge is -2.43. The second-order valence-corrected chi connectivity index (χ2v) is 5.56. The van der Waals surface area contributed by atoms with E-state index in [1.807, 2.05) is 19.1 Å². The summed E-state index contributed by atoms with van der Waals surface area (Å²) in [6.07, 6.45) is 0. The van der Waals surface area contributed by atoms with Crippen LogP contribution in [0.1, 0.15) is 5.56 Å². The van der Waals surface area contributed by atoms with Crippen molar-refractivity contribution in [1.82, 2.24) is 4.90 Å². The predicted molar refractivity (Wildman–Crippen MR) is 76.2 cm³/mol. The number of rotatable bonds is 4. The summed E-state index contributed by atoms with van der Waals surface area (Å²) in [5.41, 5.74) is 1.67. The zero-order valence-electron chi connectivity index (χ0n) is 12.1. The standard InChI is InChI=1S/C15H20F2N2O2/c1-11-2-3-13(14(8-11)21-15(16)17)19-6-4-18(5-7-19)12-9-20-10-12/h2-3,8,12,15H,4-7,9-10H2,1H3. The van der Waals surface area contributed by atoms with E-state index in [0.29, 0.717) is 6.04 Å². The summed E-state index contributed by atoms with van der Waals surface area (Å²) in [6, 6.07) is 6.00. The van der Waals surface area contributed by atoms with Crippen LogP contribution in [-0.4, -0.2) is 56.9 Å². The molecule has 2 aliphatic heterocycles. The largest absolute Gasteiger partial charge is 0.433 e. The molecule has 1 aromatic carbocycles. The second kappa shape index (κ2) is 6.15. The zero-order chi connectivity index (χ0) is 14.8.